The molecule has 3 nitrogen and oxygen atoms in total. The quantitative estimate of drug-likeness (QED) is 0.548. The van der Waals surface area contributed by atoms with Gasteiger partial charge in [-0.15, -0.1) is 0 Å². The molecular weight excluding hydrogens is 198 g/mol. The second-order valence-corrected chi connectivity index (χ2v) is 5.53. The minimum Gasteiger partial charge on any atom is -0.370 e. The van der Waals surface area contributed by atoms with Gasteiger partial charge in [-0.05, 0) is 45.4 Å². The summed E-state index contributed by atoms with van der Waals surface area (Å²) in [6.07, 6.45) is 8.18. The minimum atomic E-state index is 0.309. The van der Waals surface area contributed by atoms with Crippen molar-refractivity contribution < 1.29 is 0 Å². The zero-order valence-corrected chi connectivity index (χ0v) is 10.7. The van der Waals surface area contributed by atoms with Crippen molar-refractivity contribution >= 4 is 5.96 Å². The molecule has 0 aromatic carbocycles. The highest BCUT2D eigenvalue weighted by Crippen LogP contribution is 2.34. The number of hydrogen-bond donors (Lipinski definition) is 1. The molecule has 2 rings (SSSR count). The van der Waals surface area contributed by atoms with Crippen LogP contribution in [-0.4, -0.2) is 29.5 Å². The Kier molecular flexibility index (Phi) is 3.72. The van der Waals surface area contributed by atoms with E-state index >= 15 is 0 Å². The molecule has 1 saturated carbocycles. The van der Waals surface area contributed by atoms with Gasteiger partial charge in [-0.1, -0.05) is 12.8 Å². The number of hydrogen-bond acceptors (Lipinski definition) is 1. The van der Waals surface area contributed by atoms with Crippen molar-refractivity contribution in [2.24, 2.45) is 16.6 Å². The lowest BCUT2D eigenvalue weighted by molar-refractivity contribution is 0.118. The van der Waals surface area contributed by atoms with Crippen LogP contribution in [0, 0.1) is 5.92 Å². The lowest BCUT2D eigenvalue weighted by Crippen LogP contribution is -2.52. The summed E-state index contributed by atoms with van der Waals surface area (Å²) in [5.74, 6) is 1.66. The fourth-order valence-corrected chi connectivity index (χ4v) is 3.25. The van der Waals surface area contributed by atoms with Crippen molar-refractivity contribution in [3.63, 3.8) is 0 Å². The standard InChI is InChI=1S/C13H25N3/c1-10(2)15-13(14)16-9-5-7-11-6-3-4-8-12(11)16/h10-12H,3-9H2,1-2H3,(H2,14,15). The molecule has 2 aliphatic rings. The lowest BCUT2D eigenvalue weighted by atomic mass is 9.78. The highest BCUT2D eigenvalue weighted by Gasteiger charge is 2.34. The van der Waals surface area contributed by atoms with Gasteiger partial charge in [-0.3, -0.25) is 4.99 Å². The van der Waals surface area contributed by atoms with Gasteiger partial charge < -0.3 is 10.6 Å². The van der Waals surface area contributed by atoms with Gasteiger partial charge in [-0.25, -0.2) is 0 Å². The summed E-state index contributed by atoms with van der Waals surface area (Å²) in [7, 11) is 0. The van der Waals surface area contributed by atoms with Gasteiger partial charge in [0.25, 0.3) is 0 Å². The molecule has 2 unspecified atom stereocenters. The van der Waals surface area contributed by atoms with Gasteiger partial charge in [0.05, 0.1) is 0 Å². The molecule has 0 spiro atoms. The topological polar surface area (TPSA) is 41.6 Å². The minimum absolute atomic E-state index is 0.309. The van der Waals surface area contributed by atoms with Crippen molar-refractivity contribution in [3.05, 3.63) is 0 Å². The molecule has 1 aliphatic carbocycles. The van der Waals surface area contributed by atoms with Crippen LogP contribution in [-0.2, 0) is 0 Å². The van der Waals surface area contributed by atoms with E-state index in [-0.39, 0.29) is 0 Å². The van der Waals surface area contributed by atoms with E-state index in [1.165, 1.54) is 38.5 Å². The number of likely N-dealkylation sites (tertiary alicyclic amines) is 1. The number of nitrogens with two attached hydrogens (primary N) is 1. The molecule has 1 heterocycles. The molecule has 0 bridgehead atoms. The Hall–Kier alpha value is -0.730. The van der Waals surface area contributed by atoms with Gasteiger partial charge in [0.2, 0.25) is 0 Å². The number of fused-ring (bicyclic) bond motifs is 1. The number of rotatable bonds is 1. The number of guanidine groups is 1. The summed E-state index contributed by atoms with van der Waals surface area (Å²) in [4.78, 5) is 6.89. The maximum Gasteiger partial charge on any atom is 0.191 e. The third-order valence-electron chi connectivity index (χ3n) is 3.93. The van der Waals surface area contributed by atoms with E-state index in [9.17, 15) is 0 Å². The van der Waals surface area contributed by atoms with Gasteiger partial charge in [0.15, 0.2) is 5.96 Å². The van der Waals surface area contributed by atoms with E-state index < -0.39 is 0 Å². The molecule has 92 valence electrons. The van der Waals surface area contributed by atoms with Crippen molar-refractivity contribution in [3.8, 4) is 0 Å². The van der Waals surface area contributed by atoms with Crippen molar-refractivity contribution in [1.29, 1.82) is 0 Å². The van der Waals surface area contributed by atoms with Crippen molar-refractivity contribution in [2.45, 2.75) is 64.5 Å². The fraction of sp³-hybridized carbons (Fsp3) is 0.923. The van der Waals surface area contributed by atoms with Gasteiger partial charge in [0, 0.05) is 18.6 Å². The predicted molar refractivity (Wildman–Crippen MR) is 68.4 cm³/mol. The maximum atomic E-state index is 6.13. The highest BCUT2D eigenvalue weighted by atomic mass is 15.3. The first-order valence-corrected chi connectivity index (χ1v) is 6.78. The average Bonchev–Trinajstić information content (AvgIpc) is 2.27. The molecule has 2 N–H and O–H groups in total. The van der Waals surface area contributed by atoms with Gasteiger partial charge >= 0.3 is 0 Å². The average molecular weight is 223 g/mol. The third-order valence-corrected chi connectivity index (χ3v) is 3.93. The molecule has 2 fully saturated rings. The van der Waals surface area contributed by atoms with Gasteiger partial charge in [0.1, 0.15) is 0 Å². The zero-order chi connectivity index (χ0) is 11.5. The van der Waals surface area contributed by atoms with Crippen molar-refractivity contribution in [2.75, 3.05) is 6.54 Å². The summed E-state index contributed by atoms with van der Waals surface area (Å²) in [5.41, 5.74) is 6.13. The van der Waals surface area contributed by atoms with Crippen LogP contribution in [0.4, 0.5) is 0 Å². The second-order valence-electron chi connectivity index (χ2n) is 5.53. The Morgan fingerprint density at radius 2 is 1.88 bits per heavy atom. The number of piperidine rings is 1. The van der Waals surface area contributed by atoms with Crippen LogP contribution in [0.25, 0.3) is 0 Å². The second kappa shape index (κ2) is 5.07. The summed E-state index contributed by atoms with van der Waals surface area (Å²) in [6, 6.07) is 0.994. The predicted octanol–water partition coefficient (Wildman–Crippen LogP) is 2.36. The SMILES string of the molecule is CC(C)N=C(N)N1CCCC2CCCCC21. The molecular formula is C13H25N3. The van der Waals surface area contributed by atoms with Crippen LogP contribution in [0.1, 0.15) is 52.4 Å². The molecule has 1 aliphatic heterocycles. The molecule has 0 aromatic heterocycles. The van der Waals surface area contributed by atoms with E-state index in [2.05, 4.69) is 23.7 Å². The van der Waals surface area contributed by atoms with E-state index in [0.29, 0.717) is 12.1 Å². The molecule has 16 heavy (non-hydrogen) atoms. The largest absolute Gasteiger partial charge is 0.370 e. The lowest BCUT2D eigenvalue weighted by Gasteiger charge is -2.44. The number of nitrogens with zero attached hydrogens (tertiary/aromatic N) is 2. The van der Waals surface area contributed by atoms with Crippen LogP contribution in [0.5, 0.6) is 0 Å². The Balaban J connectivity index is 2.07. The summed E-state index contributed by atoms with van der Waals surface area (Å²) in [5, 5.41) is 0. The molecule has 0 amide bonds. The Labute approximate surface area is 99.1 Å². The Bertz CT molecular complexity index is 258. The van der Waals surface area contributed by atoms with Gasteiger partial charge in [-0.2, -0.15) is 0 Å². The fourth-order valence-electron chi connectivity index (χ4n) is 3.25. The highest BCUT2D eigenvalue weighted by molar-refractivity contribution is 5.78. The normalized spacial score (nSPS) is 31.7. The van der Waals surface area contributed by atoms with Crippen molar-refractivity contribution in [1.82, 2.24) is 4.90 Å². The first-order chi connectivity index (χ1) is 7.68. The summed E-state index contributed by atoms with van der Waals surface area (Å²) < 4.78 is 0. The van der Waals surface area contributed by atoms with E-state index in [1.807, 2.05) is 0 Å². The Morgan fingerprint density at radius 1 is 1.19 bits per heavy atom. The van der Waals surface area contributed by atoms with Crippen LogP contribution >= 0.6 is 0 Å². The van der Waals surface area contributed by atoms with Crippen LogP contribution in [0.3, 0.4) is 0 Å². The van der Waals surface area contributed by atoms with Crippen LogP contribution in [0.2, 0.25) is 0 Å². The summed E-state index contributed by atoms with van der Waals surface area (Å²) in [6.45, 7) is 5.30. The van der Waals surface area contributed by atoms with Crippen LogP contribution < -0.4 is 5.73 Å². The summed E-state index contributed by atoms with van der Waals surface area (Å²) >= 11 is 0. The Morgan fingerprint density at radius 3 is 2.62 bits per heavy atom. The van der Waals surface area contributed by atoms with E-state index in [0.717, 1.165) is 18.4 Å². The molecule has 2 atom stereocenters. The molecule has 0 radical (unpaired) electrons. The third kappa shape index (κ3) is 2.50. The first kappa shape index (κ1) is 11.7. The smallest absolute Gasteiger partial charge is 0.191 e. The van der Waals surface area contributed by atoms with E-state index in [1.54, 1.807) is 0 Å². The monoisotopic (exact) mass is 223 g/mol. The van der Waals surface area contributed by atoms with Crippen LogP contribution in [0.15, 0.2) is 4.99 Å². The first-order valence-electron chi connectivity index (χ1n) is 6.78. The maximum absolute atomic E-state index is 6.13. The zero-order valence-electron chi connectivity index (χ0n) is 10.7. The number of aliphatic imine (C=N–C) groups is 1. The molecule has 3 heteroatoms. The molecule has 0 aromatic rings. The van der Waals surface area contributed by atoms with E-state index in [4.69, 9.17) is 5.73 Å². The molecule has 1 saturated heterocycles.